The van der Waals surface area contributed by atoms with Crippen molar-refractivity contribution in [2.24, 2.45) is 4.99 Å². The summed E-state index contributed by atoms with van der Waals surface area (Å²) in [4.78, 5) is 18.0. The fourth-order valence-electron chi connectivity index (χ4n) is 3.56. The van der Waals surface area contributed by atoms with Crippen molar-refractivity contribution in [3.8, 4) is 0 Å². The summed E-state index contributed by atoms with van der Waals surface area (Å²) >= 11 is 1.49. The Morgan fingerprint density at radius 3 is 2.52 bits per heavy atom. The van der Waals surface area contributed by atoms with Gasteiger partial charge in [-0.2, -0.15) is 9.30 Å². The number of hydrogen-bond acceptors (Lipinski definition) is 5. The number of rotatable bonds is 5. The van der Waals surface area contributed by atoms with Gasteiger partial charge in [0.25, 0.3) is 5.91 Å². The number of carbonyl (C=O) groups is 1. The zero-order valence-electron chi connectivity index (χ0n) is 17.6. The molecule has 0 bridgehead atoms. The van der Waals surface area contributed by atoms with Gasteiger partial charge in [0.15, 0.2) is 4.80 Å². The molecule has 7 nitrogen and oxygen atoms in total. The van der Waals surface area contributed by atoms with Crippen LogP contribution in [0.25, 0.3) is 10.2 Å². The van der Waals surface area contributed by atoms with Crippen molar-refractivity contribution in [3.63, 3.8) is 0 Å². The highest BCUT2D eigenvalue weighted by Crippen LogP contribution is 2.20. The third-order valence-corrected chi connectivity index (χ3v) is 8.15. The van der Waals surface area contributed by atoms with Crippen LogP contribution in [0.2, 0.25) is 0 Å². The molecule has 1 fully saturated rings. The van der Waals surface area contributed by atoms with Gasteiger partial charge in [-0.05, 0) is 55.3 Å². The molecule has 0 aliphatic carbocycles. The lowest BCUT2D eigenvalue weighted by Crippen LogP contribution is -2.40. The maximum atomic E-state index is 12.8. The minimum Gasteiger partial charge on any atom is -0.379 e. The smallest absolute Gasteiger partial charge is 0.279 e. The van der Waals surface area contributed by atoms with Gasteiger partial charge in [0.2, 0.25) is 10.0 Å². The molecule has 4 rings (SSSR count). The molecule has 0 saturated carbocycles. The molecule has 9 heteroatoms. The summed E-state index contributed by atoms with van der Waals surface area (Å²) in [7, 11) is -3.59. The van der Waals surface area contributed by atoms with Gasteiger partial charge in [-0.1, -0.05) is 24.3 Å². The summed E-state index contributed by atoms with van der Waals surface area (Å²) in [5.74, 6) is -0.386. The van der Waals surface area contributed by atoms with Gasteiger partial charge in [0.1, 0.15) is 0 Å². The van der Waals surface area contributed by atoms with Crippen molar-refractivity contribution < 1.29 is 17.9 Å². The number of ether oxygens (including phenoxy) is 1. The summed E-state index contributed by atoms with van der Waals surface area (Å²) < 4.78 is 35.3. The second kappa shape index (κ2) is 9.04. The topological polar surface area (TPSA) is 81.0 Å². The molecule has 31 heavy (non-hydrogen) atoms. The number of fused-ring (bicyclic) bond motifs is 1. The number of nitrogens with zero attached hydrogens (tertiary/aromatic N) is 3. The van der Waals surface area contributed by atoms with Crippen molar-refractivity contribution in [3.05, 3.63) is 58.4 Å². The highest BCUT2D eigenvalue weighted by Gasteiger charge is 2.26. The first-order valence-corrected chi connectivity index (χ1v) is 12.5. The van der Waals surface area contributed by atoms with E-state index in [-0.39, 0.29) is 10.8 Å². The average molecular weight is 460 g/mol. The number of aromatic nitrogens is 1. The Bertz CT molecular complexity index is 1270. The van der Waals surface area contributed by atoms with Crippen LogP contribution < -0.4 is 4.80 Å². The third-order valence-electron chi connectivity index (χ3n) is 5.19. The van der Waals surface area contributed by atoms with Crippen LogP contribution in [0.3, 0.4) is 0 Å². The Balaban J connectivity index is 1.65. The summed E-state index contributed by atoms with van der Waals surface area (Å²) in [6.45, 7) is 6.35. The molecule has 164 valence electrons. The molecule has 1 amide bonds. The standard InChI is InChI=1S/C22H25N3O4S2/c1-3-10-25-19-9-4-16(2)15-20(19)30-22(25)23-21(26)17-5-7-18(8-6-17)31(27,28)24-11-13-29-14-12-24/h4-9,15H,3,10-14H2,1-2H3. The van der Waals surface area contributed by atoms with Crippen molar-refractivity contribution in [1.29, 1.82) is 0 Å². The Morgan fingerprint density at radius 1 is 1.13 bits per heavy atom. The van der Waals surface area contributed by atoms with E-state index in [1.165, 1.54) is 39.9 Å². The number of sulfonamides is 1. The van der Waals surface area contributed by atoms with Gasteiger partial charge in [-0.15, -0.1) is 0 Å². The highest BCUT2D eigenvalue weighted by atomic mass is 32.2. The van der Waals surface area contributed by atoms with Gasteiger partial charge in [0, 0.05) is 25.2 Å². The summed E-state index contributed by atoms with van der Waals surface area (Å²) in [5, 5.41) is 0. The van der Waals surface area contributed by atoms with Gasteiger partial charge < -0.3 is 9.30 Å². The molecule has 0 spiro atoms. The van der Waals surface area contributed by atoms with Crippen LogP contribution >= 0.6 is 11.3 Å². The molecule has 0 unspecified atom stereocenters. The van der Waals surface area contributed by atoms with Gasteiger partial charge in [-0.3, -0.25) is 4.79 Å². The third kappa shape index (κ3) is 4.50. The Morgan fingerprint density at radius 2 is 1.84 bits per heavy atom. The SMILES string of the molecule is CCCn1c(=NC(=O)c2ccc(S(=O)(=O)N3CCOCC3)cc2)sc2cc(C)ccc21. The maximum Gasteiger partial charge on any atom is 0.279 e. The largest absolute Gasteiger partial charge is 0.379 e. The predicted molar refractivity (Wildman–Crippen MR) is 121 cm³/mol. The summed E-state index contributed by atoms with van der Waals surface area (Å²) in [6.07, 6.45) is 0.926. The van der Waals surface area contributed by atoms with E-state index in [9.17, 15) is 13.2 Å². The lowest BCUT2D eigenvalue weighted by Gasteiger charge is -2.26. The van der Waals surface area contributed by atoms with E-state index >= 15 is 0 Å². The van der Waals surface area contributed by atoms with Crippen LogP contribution in [0, 0.1) is 6.92 Å². The molecule has 1 aliphatic heterocycles. The fraction of sp³-hybridized carbons (Fsp3) is 0.364. The molecular formula is C22H25N3O4S2. The lowest BCUT2D eigenvalue weighted by atomic mass is 10.2. The molecule has 1 aliphatic rings. The zero-order valence-corrected chi connectivity index (χ0v) is 19.2. The van der Waals surface area contributed by atoms with E-state index in [4.69, 9.17) is 4.74 Å². The second-order valence-electron chi connectivity index (χ2n) is 7.47. The monoisotopic (exact) mass is 459 g/mol. The second-order valence-corrected chi connectivity index (χ2v) is 10.4. The van der Waals surface area contributed by atoms with Crippen LogP contribution in [-0.2, 0) is 21.3 Å². The van der Waals surface area contributed by atoms with Crippen LogP contribution in [0.1, 0.15) is 29.3 Å². The summed E-state index contributed by atoms with van der Waals surface area (Å²) in [5.41, 5.74) is 2.58. The number of amides is 1. The average Bonchev–Trinajstić information content (AvgIpc) is 3.10. The number of morpholine rings is 1. The van der Waals surface area contributed by atoms with Crippen LogP contribution in [0.5, 0.6) is 0 Å². The number of carbonyl (C=O) groups excluding carboxylic acids is 1. The van der Waals surface area contributed by atoms with Gasteiger partial charge in [0.05, 0.1) is 28.3 Å². The van der Waals surface area contributed by atoms with Crippen LogP contribution in [-0.4, -0.2) is 49.5 Å². The molecule has 2 heterocycles. The molecule has 3 aromatic rings. The number of thiazole rings is 1. The molecular weight excluding hydrogens is 434 g/mol. The normalized spacial score (nSPS) is 16.1. The van der Waals surface area contributed by atoms with E-state index in [2.05, 4.69) is 34.7 Å². The zero-order chi connectivity index (χ0) is 22.0. The quantitative estimate of drug-likeness (QED) is 0.587. The minimum absolute atomic E-state index is 0.171. The number of benzene rings is 2. The van der Waals surface area contributed by atoms with E-state index in [1.54, 1.807) is 0 Å². The number of aryl methyl sites for hydroxylation is 2. The van der Waals surface area contributed by atoms with Crippen LogP contribution in [0.15, 0.2) is 52.4 Å². The summed E-state index contributed by atoms with van der Waals surface area (Å²) in [6, 6.07) is 12.2. The van der Waals surface area contributed by atoms with Crippen molar-refractivity contribution in [1.82, 2.24) is 8.87 Å². The molecule has 0 radical (unpaired) electrons. The Labute approximate surface area is 185 Å². The highest BCUT2D eigenvalue weighted by molar-refractivity contribution is 7.89. The first-order chi connectivity index (χ1) is 14.9. The van der Waals surface area contributed by atoms with E-state index in [1.807, 2.05) is 6.92 Å². The molecule has 1 saturated heterocycles. The molecule has 2 aromatic carbocycles. The Kier molecular flexibility index (Phi) is 6.38. The van der Waals surface area contributed by atoms with Gasteiger partial charge >= 0.3 is 0 Å². The lowest BCUT2D eigenvalue weighted by molar-refractivity contribution is 0.0730. The first kappa shape index (κ1) is 21.9. The van der Waals surface area contributed by atoms with E-state index in [0.29, 0.717) is 36.7 Å². The fourth-order valence-corrected chi connectivity index (χ4v) is 6.12. The number of hydrogen-bond donors (Lipinski definition) is 0. The van der Waals surface area contributed by atoms with Crippen molar-refractivity contribution in [2.75, 3.05) is 26.3 Å². The molecule has 0 N–H and O–H groups in total. The molecule has 0 atom stereocenters. The van der Waals surface area contributed by atoms with Crippen molar-refractivity contribution >= 4 is 37.5 Å². The Hall–Kier alpha value is -2.33. The molecule has 1 aromatic heterocycles. The first-order valence-electron chi connectivity index (χ1n) is 10.3. The predicted octanol–water partition coefficient (Wildman–Crippen LogP) is 3.18. The van der Waals surface area contributed by atoms with Gasteiger partial charge in [-0.25, -0.2) is 8.42 Å². The van der Waals surface area contributed by atoms with E-state index in [0.717, 1.165) is 28.7 Å². The maximum absolute atomic E-state index is 12.8. The van der Waals surface area contributed by atoms with Crippen molar-refractivity contribution in [2.45, 2.75) is 31.7 Å². The van der Waals surface area contributed by atoms with Crippen LogP contribution in [0.4, 0.5) is 0 Å². The minimum atomic E-state index is -3.59. The van der Waals surface area contributed by atoms with E-state index < -0.39 is 10.0 Å².